The van der Waals surface area contributed by atoms with Crippen molar-refractivity contribution in [1.82, 2.24) is 4.90 Å². The second kappa shape index (κ2) is 3.55. The van der Waals surface area contributed by atoms with Gasteiger partial charge in [0.2, 0.25) is 11.8 Å². The topological polar surface area (TPSA) is 63.4 Å². The van der Waals surface area contributed by atoms with Crippen molar-refractivity contribution in [2.24, 2.45) is 23.5 Å². The lowest BCUT2D eigenvalue weighted by Crippen LogP contribution is -2.46. The van der Waals surface area contributed by atoms with Crippen LogP contribution in [0, 0.1) is 17.8 Å². The number of likely N-dealkylation sites (tertiary alicyclic amines) is 1. The molecule has 3 unspecified atom stereocenters. The first-order valence-corrected chi connectivity index (χ1v) is 6.31. The molecule has 4 heteroatoms. The molecule has 0 spiro atoms. The number of carbonyl (C=O) groups is 2. The molecule has 2 saturated carbocycles. The summed E-state index contributed by atoms with van der Waals surface area (Å²) in [5.74, 6) is 0.585. The molecule has 1 heterocycles. The second-order valence-corrected chi connectivity index (χ2v) is 5.33. The number of nitrogens with zero attached hydrogens (tertiary/aromatic N) is 1. The van der Waals surface area contributed by atoms with Crippen molar-refractivity contribution in [3.05, 3.63) is 0 Å². The van der Waals surface area contributed by atoms with Crippen molar-refractivity contribution < 1.29 is 9.59 Å². The molecule has 0 bridgehead atoms. The summed E-state index contributed by atoms with van der Waals surface area (Å²) in [7, 11) is 0. The van der Waals surface area contributed by atoms with Gasteiger partial charge in [0.15, 0.2) is 0 Å². The van der Waals surface area contributed by atoms with Gasteiger partial charge in [0.25, 0.3) is 0 Å². The van der Waals surface area contributed by atoms with E-state index in [1.54, 1.807) is 0 Å². The van der Waals surface area contributed by atoms with Crippen LogP contribution in [0.3, 0.4) is 0 Å². The van der Waals surface area contributed by atoms with Crippen LogP contribution in [0.25, 0.3) is 0 Å². The fourth-order valence-electron chi connectivity index (χ4n) is 3.33. The van der Waals surface area contributed by atoms with Gasteiger partial charge in [-0.1, -0.05) is 6.42 Å². The van der Waals surface area contributed by atoms with Crippen molar-refractivity contribution in [1.29, 1.82) is 0 Å². The standard InChI is InChI=1S/C12H18N2O2/c13-6-10(7-4-5-7)14-11(15)8-2-1-3-9(8)12(14)16/h7-10H,1-6,13H2. The third kappa shape index (κ3) is 1.32. The van der Waals surface area contributed by atoms with Gasteiger partial charge in [0, 0.05) is 6.54 Å². The highest BCUT2D eigenvalue weighted by atomic mass is 16.2. The second-order valence-electron chi connectivity index (χ2n) is 5.33. The highest BCUT2D eigenvalue weighted by molar-refractivity contribution is 6.05. The minimum absolute atomic E-state index is 0.00870. The summed E-state index contributed by atoms with van der Waals surface area (Å²) in [6.45, 7) is 0.432. The van der Waals surface area contributed by atoms with Crippen LogP contribution in [0.1, 0.15) is 32.1 Å². The minimum atomic E-state index is -0.0136. The number of imide groups is 1. The normalized spacial score (nSPS) is 35.7. The Bertz CT molecular complexity index is 316. The van der Waals surface area contributed by atoms with E-state index < -0.39 is 0 Å². The fraction of sp³-hybridized carbons (Fsp3) is 0.833. The molecular weight excluding hydrogens is 204 g/mol. The smallest absolute Gasteiger partial charge is 0.233 e. The maximum absolute atomic E-state index is 12.2. The summed E-state index contributed by atoms with van der Waals surface area (Å²) in [4.78, 5) is 25.9. The summed E-state index contributed by atoms with van der Waals surface area (Å²) >= 11 is 0. The molecule has 0 radical (unpaired) electrons. The van der Waals surface area contributed by atoms with Crippen LogP contribution in [0.15, 0.2) is 0 Å². The van der Waals surface area contributed by atoms with Crippen molar-refractivity contribution in [2.45, 2.75) is 38.1 Å². The maximum atomic E-state index is 12.2. The van der Waals surface area contributed by atoms with Gasteiger partial charge in [0.05, 0.1) is 17.9 Å². The third-order valence-corrected chi connectivity index (χ3v) is 4.36. The lowest BCUT2D eigenvalue weighted by atomic mass is 10.00. The van der Waals surface area contributed by atoms with E-state index in [0.717, 1.165) is 32.1 Å². The Morgan fingerprint density at radius 3 is 2.12 bits per heavy atom. The van der Waals surface area contributed by atoms with Gasteiger partial charge in [-0.25, -0.2) is 0 Å². The number of rotatable bonds is 3. The first-order chi connectivity index (χ1) is 7.74. The SMILES string of the molecule is NCC(C1CC1)N1C(=O)C2CCCC2C1=O. The Kier molecular flexibility index (Phi) is 2.28. The Morgan fingerprint density at radius 1 is 1.12 bits per heavy atom. The van der Waals surface area contributed by atoms with Crippen molar-refractivity contribution in [3.8, 4) is 0 Å². The maximum Gasteiger partial charge on any atom is 0.233 e. The first-order valence-electron chi connectivity index (χ1n) is 6.31. The quantitative estimate of drug-likeness (QED) is 0.708. The highest BCUT2D eigenvalue weighted by Gasteiger charge is 2.53. The number of hydrogen-bond acceptors (Lipinski definition) is 3. The lowest BCUT2D eigenvalue weighted by molar-refractivity contribution is -0.143. The molecule has 0 aromatic carbocycles. The van der Waals surface area contributed by atoms with E-state index in [1.165, 1.54) is 4.90 Å². The van der Waals surface area contributed by atoms with Crippen molar-refractivity contribution >= 4 is 11.8 Å². The van der Waals surface area contributed by atoms with E-state index in [1.807, 2.05) is 0 Å². The fourth-order valence-corrected chi connectivity index (χ4v) is 3.33. The van der Waals surface area contributed by atoms with Gasteiger partial charge in [-0.3, -0.25) is 14.5 Å². The Hall–Kier alpha value is -0.900. The van der Waals surface area contributed by atoms with E-state index in [9.17, 15) is 9.59 Å². The van der Waals surface area contributed by atoms with Gasteiger partial charge in [-0.2, -0.15) is 0 Å². The molecule has 3 fully saturated rings. The minimum Gasteiger partial charge on any atom is -0.328 e. The first kappa shape index (κ1) is 10.3. The molecule has 0 aromatic rings. The molecule has 4 nitrogen and oxygen atoms in total. The zero-order valence-corrected chi connectivity index (χ0v) is 9.39. The van der Waals surface area contributed by atoms with Crippen LogP contribution in [0.2, 0.25) is 0 Å². The van der Waals surface area contributed by atoms with Crippen LogP contribution in [0.4, 0.5) is 0 Å². The van der Waals surface area contributed by atoms with Crippen LogP contribution in [0.5, 0.6) is 0 Å². The van der Waals surface area contributed by atoms with Crippen molar-refractivity contribution in [2.75, 3.05) is 6.54 Å². The molecule has 0 aromatic heterocycles. The molecule has 2 N–H and O–H groups in total. The molecular formula is C12H18N2O2. The van der Waals surface area contributed by atoms with E-state index in [2.05, 4.69) is 0 Å². The van der Waals surface area contributed by atoms with E-state index in [-0.39, 0.29) is 29.7 Å². The number of carbonyl (C=O) groups excluding carboxylic acids is 2. The summed E-state index contributed by atoms with van der Waals surface area (Å²) in [6.07, 6.45) is 5.06. The molecule has 3 atom stereocenters. The molecule has 2 amide bonds. The number of fused-ring (bicyclic) bond motifs is 1. The van der Waals surface area contributed by atoms with Crippen LogP contribution >= 0.6 is 0 Å². The zero-order valence-electron chi connectivity index (χ0n) is 9.39. The molecule has 88 valence electrons. The Balaban J connectivity index is 1.84. The largest absolute Gasteiger partial charge is 0.328 e. The predicted molar refractivity (Wildman–Crippen MR) is 58.3 cm³/mol. The highest BCUT2D eigenvalue weighted by Crippen LogP contribution is 2.44. The van der Waals surface area contributed by atoms with Gasteiger partial charge < -0.3 is 5.73 Å². The van der Waals surface area contributed by atoms with Gasteiger partial charge in [-0.05, 0) is 31.6 Å². The average Bonchev–Trinajstić information content (AvgIpc) is 2.93. The molecule has 3 rings (SSSR count). The zero-order chi connectivity index (χ0) is 11.3. The van der Waals surface area contributed by atoms with Gasteiger partial charge >= 0.3 is 0 Å². The predicted octanol–water partition coefficient (Wildman–Crippen LogP) is 0.509. The number of amides is 2. The average molecular weight is 222 g/mol. The molecule has 2 aliphatic carbocycles. The lowest BCUT2D eigenvalue weighted by Gasteiger charge is -2.25. The monoisotopic (exact) mass is 222 g/mol. The molecule has 1 saturated heterocycles. The summed E-state index contributed by atoms with van der Waals surface area (Å²) in [5.41, 5.74) is 5.72. The summed E-state index contributed by atoms with van der Waals surface area (Å²) in [5, 5.41) is 0. The van der Waals surface area contributed by atoms with Gasteiger partial charge in [-0.15, -0.1) is 0 Å². The summed E-state index contributed by atoms with van der Waals surface area (Å²) < 4.78 is 0. The third-order valence-electron chi connectivity index (χ3n) is 4.36. The Labute approximate surface area is 95.2 Å². The van der Waals surface area contributed by atoms with Crippen LogP contribution in [-0.4, -0.2) is 29.3 Å². The van der Waals surface area contributed by atoms with E-state index in [0.29, 0.717) is 12.5 Å². The Morgan fingerprint density at radius 2 is 1.69 bits per heavy atom. The van der Waals surface area contributed by atoms with E-state index >= 15 is 0 Å². The van der Waals surface area contributed by atoms with Crippen LogP contribution in [-0.2, 0) is 9.59 Å². The molecule has 1 aliphatic heterocycles. The number of nitrogens with two attached hydrogens (primary N) is 1. The molecule has 16 heavy (non-hydrogen) atoms. The van der Waals surface area contributed by atoms with Crippen molar-refractivity contribution in [3.63, 3.8) is 0 Å². The van der Waals surface area contributed by atoms with Gasteiger partial charge in [0.1, 0.15) is 0 Å². The van der Waals surface area contributed by atoms with E-state index in [4.69, 9.17) is 5.73 Å². The van der Waals surface area contributed by atoms with Crippen LogP contribution < -0.4 is 5.73 Å². The molecule has 3 aliphatic rings. The summed E-state index contributed by atoms with van der Waals surface area (Å²) in [6, 6.07) is -0.00870. The number of hydrogen-bond donors (Lipinski definition) is 1.